The van der Waals surface area contributed by atoms with Crippen molar-refractivity contribution in [2.75, 3.05) is 32.1 Å². The molecular weight excluding hydrogens is 330 g/mol. The van der Waals surface area contributed by atoms with E-state index >= 15 is 0 Å². The lowest BCUT2D eigenvalue weighted by molar-refractivity contribution is -0.0683. The van der Waals surface area contributed by atoms with Crippen LogP contribution in [-0.2, 0) is 4.74 Å². The highest BCUT2D eigenvalue weighted by molar-refractivity contribution is 9.10. The zero-order chi connectivity index (χ0) is 13.7. The second-order valence-corrected chi connectivity index (χ2v) is 6.01. The van der Waals surface area contributed by atoms with Gasteiger partial charge in [-0.15, -0.1) is 11.6 Å². The van der Waals surface area contributed by atoms with Gasteiger partial charge in [-0.1, -0.05) is 15.9 Å². The average Bonchev–Trinajstić information content (AvgIpc) is 2.40. The third-order valence-corrected chi connectivity index (χ3v) is 3.94. The van der Waals surface area contributed by atoms with Gasteiger partial charge in [0.1, 0.15) is 12.4 Å². The summed E-state index contributed by atoms with van der Waals surface area (Å²) in [6.45, 7) is 5.50. The van der Waals surface area contributed by atoms with Crippen LogP contribution in [0.3, 0.4) is 0 Å². The molecule has 2 unspecified atom stereocenters. The van der Waals surface area contributed by atoms with Gasteiger partial charge >= 0.3 is 0 Å². The summed E-state index contributed by atoms with van der Waals surface area (Å²) in [5.41, 5.74) is 0. The number of hydrogen-bond acceptors (Lipinski definition) is 3. The van der Waals surface area contributed by atoms with Crippen molar-refractivity contribution in [1.29, 1.82) is 0 Å². The number of morpholine rings is 1. The molecular formula is C14H19BrClNO2. The van der Waals surface area contributed by atoms with Crippen molar-refractivity contribution in [1.82, 2.24) is 4.90 Å². The molecule has 0 aliphatic carbocycles. The molecule has 5 heteroatoms. The lowest BCUT2D eigenvalue weighted by Crippen LogP contribution is -2.48. The average molecular weight is 349 g/mol. The molecule has 1 aromatic carbocycles. The second-order valence-electron chi connectivity index (χ2n) is 4.78. The minimum absolute atomic E-state index is 0.137. The Morgan fingerprint density at radius 2 is 2.11 bits per heavy atom. The van der Waals surface area contributed by atoms with Gasteiger partial charge < -0.3 is 9.47 Å². The molecule has 1 aliphatic heterocycles. The molecule has 0 amide bonds. The van der Waals surface area contributed by atoms with Gasteiger partial charge in [0.25, 0.3) is 0 Å². The molecule has 1 aromatic rings. The van der Waals surface area contributed by atoms with E-state index in [1.54, 1.807) is 0 Å². The maximum Gasteiger partial charge on any atom is 0.119 e. The SMILES string of the molecule is CC1CN(CCOc2ccc(Br)cc2)CC(CCl)O1. The van der Waals surface area contributed by atoms with Crippen LogP contribution in [0.2, 0.25) is 0 Å². The van der Waals surface area contributed by atoms with Crippen LogP contribution in [-0.4, -0.2) is 49.2 Å². The van der Waals surface area contributed by atoms with E-state index in [1.807, 2.05) is 24.3 Å². The quantitative estimate of drug-likeness (QED) is 0.763. The number of benzene rings is 1. The van der Waals surface area contributed by atoms with Crippen molar-refractivity contribution < 1.29 is 9.47 Å². The monoisotopic (exact) mass is 347 g/mol. The predicted octanol–water partition coefficient (Wildman–Crippen LogP) is 3.16. The van der Waals surface area contributed by atoms with Gasteiger partial charge in [-0.05, 0) is 31.2 Å². The maximum atomic E-state index is 5.87. The van der Waals surface area contributed by atoms with E-state index < -0.39 is 0 Å². The molecule has 1 aliphatic rings. The van der Waals surface area contributed by atoms with E-state index in [9.17, 15) is 0 Å². The summed E-state index contributed by atoms with van der Waals surface area (Å²) in [5, 5.41) is 0. The Morgan fingerprint density at radius 3 is 2.79 bits per heavy atom. The fourth-order valence-electron chi connectivity index (χ4n) is 2.23. The summed E-state index contributed by atoms with van der Waals surface area (Å²) in [6, 6.07) is 7.90. The third-order valence-electron chi connectivity index (χ3n) is 3.06. The summed E-state index contributed by atoms with van der Waals surface area (Å²) in [4.78, 5) is 2.35. The van der Waals surface area contributed by atoms with E-state index in [0.29, 0.717) is 12.5 Å². The van der Waals surface area contributed by atoms with Crippen molar-refractivity contribution >= 4 is 27.5 Å². The fraction of sp³-hybridized carbons (Fsp3) is 0.571. The first-order valence-corrected chi connectivity index (χ1v) is 7.82. The van der Waals surface area contributed by atoms with Crippen LogP contribution >= 0.6 is 27.5 Å². The van der Waals surface area contributed by atoms with E-state index in [0.717, 1.165) is 29.9 Å². The molecule has 2 rings (SSSR count). The minimum atomic E-state index is 0.137. The predicted molar refractivity (Wildman–Crippen MR) is 81.1 cm³/mol. The summed E-state index contributed by atoms with van der Waals surface area (Å²) in [5.74, 6) is 1.45. The molecule has 0 N–H and O–H groups in total. The van der Waals surface area contributed by atoms with Crippen LogP contribution in [0.5, 0.6) is 5.75 Å². The Morgan fingerprint density at radius 1 is 1.37 bits per heavy atom. The molecule has 0 radical (unpaired) electrons. The standard InChI is InChI=1S/C14H19BrClNO2/c1-11-9-17(10-14(8-16)19-11)6-7-18-13-4-2-12(15)3-5-13/h2-5,11,14H,6-10H2,1H3. The largest absolute Gasteiger partial charge is 0.492 e. The van der Waals surface area contributed by atoms with Gasteiger partial charge in [-0.25, -0.2) is 0 Å². The second kappa shape index (κ2) is 7.48. The van der Waals surface area contributed by atoms with Crippen molar-refractivity contribution in [3.8, 4) is 5.75 Å². The highest BCUT2D eigenvalue weighted by Crippen LogP contribution is 2.16. The highest BCUT2D eigenvalue weighted by atomic mass is 79.9. The molecule has 3 nitrogen and oxygen atoms in total. The highest BCUT2D eigenvalue weighted by Gasteiger charge is 2.24. The summed E-state index contributed by atoms with van der Waals surface area (Å²) in [7, 11) is 0. The van der Waals surface area contributed by atoms with Crippen molar-refractivity contribution in [3.63, 3.8) is 0 Å². The molecule has 0 saturated carbocycles. The van der Waals surface area contributed by atoms with Crippen molar-refractivity contribution in [2.45, 2.75) is 19.1 Å². The van der Waals surface area contributed by atoms with Crippen LogP contribution in [0.4, 0.5) is 0 Å². The summed E-state index contributed by atoms with van der Waals surface area (Å²) in [6.07, 6.45) is 0.378. The first kappa shape index (κ1) is 15.1. The number of ether oxygens (including phenoxy) is 2. The van der Waals surface area contributed by atoms with Crippen molar-refractivity contribution in [2.24, 2.45) is 0 Å². The Bertz CT molecular complexity index is 388. The molecule has 0 aromatic heterocycles. The molecule has 0 bridgehead atoms. The van der Waals surface area contributed by atoms with Gasteiger partial charge in [0.05, 0.1) is 12.2 Å². The molecule has 106 valence electrons. The minimum Gasteiger partial charge on any atom is -0.492 e. The zero-order valence-corrected chi connectivity index (χ0v) is 13.4. The van der Waals surface area contributed by atoms with Crippen molar-refractivity contribution in [3.05, 3.63) is 28.7 Å². The number of rotatable bonds is 5. The normalized spacial score (nSPS) is 24.4. The fourth-order valence-corrected chi connectivity index (χ4v) is 2.67. The number of halogens is 2. The Hall–Kier alpha value is -0.290. The van der Waals surface area contributed by atoms with Crippen LogP contribution in [0, 0.1) is 0 Å². The molecule has 1 heterocycles. The van der Waals surface area contributed by atoms with E-state index in [1.165, 1.54) is 0 Å². The van der Waals surface area contributed by atoms with Crippen LogP contribution in [0.15, 0.2) is 28.7 Å². The van der Waals surface area contributed by atoms with E-state index in [4.69, 9.17) is 21.1 Å². The van der Waals surface area contributed by atoms with Gasteiger partial charge in [0.2, 0.25) is 0 Å². The van der Waals surface area contributed by atoms with E-state index in [2.05, 4.69) is 27.8 Å². The third kappa shape index (κ3) is 4.95. The molecule has 2 atom stereocenters. The van der Waals surface area contributed by atoms with Crippen LogP contribution < -0.4 is 4.74 Å². The Balaban J connectivity index is 1.74. The molecule has 0 spiro atoms. The van der Waals surface area contributed by atoms with Gasteiger partial charge in [0.15, 0.2) is 0 Å². The first-order valence-electron chi connectivity index (χ1n) is 6.49. The molecule has 19 heavy (non-hydrogen) atoms. The van der Waals surface area contributed by atoms with Gasteiger partial charge in [-0.3, -0.25) is 4.90 Å². The topological polar surface area (TPSA) is 21.7 Å². The molecule has 1 saturated heterocycles. The van der Waals surface area contributed by atoms with Crippen LogP contribution in [0.25, 0.3) is 0 Å². The summed E-state index contributed by atoms with van der Waals surface area (Å²) < 4.78 is 12.5. The lowest BCUT2D eigenvalue weighted by Gasteiger charge is -2.35. The maximum absolute atomic E-state index is 5.87. The summed E-state index contributed by atoms with van der Waals surface area (Å²) >= 11 is 9.28. The zero-order valence-electron chi connectivity index (χ0n) is 11.0. The Labute approximate surface area is 128 Å². The molecule has 1 fully saturated rings. The number of alkyl halides is 1. The Kier molecular flexibility index (Phi) is 5.95. The number of hydrogen-bond donors (Lipinski definition) is 0. The van der Waals surface area contributed by atoms with E-state index in [-0.39, 0.29) is 12.2 Å². The van der Waals surface area contributed by atoms with Gasteiger partial charge in [0, 0.05) is 30.0 Å². The number of nitrogens with zero attached hydrogens (tertiary/aromatic N) is 1. The lowest BCUT2D eigenvalue weighted by atomic mass is 10.2. The van der Waals surface area contributed by atoms with Crippen LogP contribution in [0.1, 0.15) is 6.92 Å². The van der Waals surface area contributed by atoms with Gasteiger partial charge in [-0.2, -0.15) is 0 Å². The smallest absolute Gasteiger partial charge is 0.119 e. The first-order chi connectivity index (χ1) is 9.17.